The van der Waals surface area contributed by atoms with E-state index in [1.165, 1.54) is 12.6 Å². The van der Waals surface area contributed by atoms with E-state index in [1.54, 1.807) is 0 Å². The summed E-state index contributed by atoms with van der Waals surface area (Å²) >= 11 is 0. The highest BCUT2D eigenvalue weighted by Crippen LogP contribution is 2.17. The largest absolute Gasteiger partial charge is 0.304 e. The predicted octanol–water partition coefficient (Wildman–Crippen LogP) is 3.22. The molecule has 148 valence electrons. The lowest BCUT2D eigenvalue weighted by molar-refractivity contribution is 0.311. The lowest BCUT2D eigenvalue weighted by Gasteiger charge is -2.17. The smallest absolute Gasteiger partial charge is 0.287 e. The summed E-state index contributed by atoms with van der Waals surface area (Å²) in [6.07, 6.45) is 1.00. The second-order valence-electron chi connectivity index (χ2n) is 7.26. The van der Waals surface area contributed by atoms with Gasteiger partial charge in [0.25, 0.3) is 5.56 Å². The zero-order chi connectivity index (χ0) is 20.3. The summed E-state index contributed by atoms with van der Waals surface area (Å²) in [5, 5.41) is 4.49. The van der Waals surface area contributed by atoms with Crippen LogP contribution in [0.3, 0.4) is 0 Å². The summed E-state index contributed by atoms with van der Waals surface area (Å²) < 4.78 is 15.6. The number of aryl methyl sites for hydroxylation is 4. The molecule has 0 aliphatic heterocycles. The van der Waals surface area contributed by atoms with Crippen LogP contribution in [-0.2, 0) is 13.1 Å². The molecule has 0 atom stereocenters. The molecule has 3 aromatic rings. The van der Waals surface area contributed by atoms with E-state index in [0.717, 1.165) is 42.9 Å². The molecule has 0 fully saturated rings. The van der Waals surface area contributed by atoms with Crippen LogP contribution >= 0.6 is 0 Å². The quantitative estimate of drug-likeness (QED) is 0.680. The lowest BCUT2D eigenvalue weighted by Crippen LogP contribution is -2.21. The van der Waals surface area contributed by atoms with Crippen molar-refractivity contribution in [3.8, 4) is 11.4 Å². The summed E-state index contributed by atoms with van der Waals surface area (Å²) in [4.78, 5) is 20.6. The van der Waals surface area contributed by atoms with Crippen molar-refractivity contribution in [2.45, 2.75) is 40.3 Å². The first-order valence-corrected chi connectivity index (χ1v) is 9.39. The first kappa shape index (κ1) is 19.9. The van der Waals surface area contributed by atoms with Gasteiger partial charge in [-0.1, -0.05) is 18.2 Å². The van der Waals surface area contributed by atoms with Gasteiger partial charge in [0.05, 0.1) is 11.4 Å². The maximum absolute atomic E-state index is 13.5. The Balaban J connectivity index is 1.62. The first-order valence-electron chi connectivity index (χ1n) is 9.39. The first-order chi connectivity index (χ1) is 13.3. The number of halogens is 1. The highest BCUT2D eigenvalue weighted by atomic mass is 19.1. The fourth-order valence-electron chi connectivity index (χ4n) is 3.31. The summed E-state index contributed by atoms with van der Waals surface area (Å²) in [7, 11) is 2.08. The SMILES string of the molecule is Cc1cc(C)n(CCCN(C)Cc2cccc(-c3nc(C)c(F)c(=O)[nH]3)c2)n1. The summed E-state index contributed by atoms with van der Waals surface area (Å²) in [5.74, 6) is -0.444. The van der Waals surface area contributed by atoms with Crippen LogP contribution in [0.2, 0.25) is 0 Å². The molecule has 0 unspecified atom stereocenters. The van der Waals surface area contributed by atoms with E-state index < -0.39 is 11.4 Å². The molecule has 2 heterocycles. The second kappa shape index (κ2) is 8.48. The van der Waals surface area contributed by atoms with Crippen molar-refractivity contribution in [3.05, 3.63) is 69.1 Å². The van der Waals surface area contributed by atoms with Gasteiger partial charge in [0.2, 0.25) is 5.82 Å². The van der Waals surface area contributed by atoms with Crippen molar-refractivity contribution in [1.29, 1.82) is 0 Å². The van der Waals surface area contributed by atoms with E-state index in [-0.39, 0.29) is 5.69 Å². The fourth-order valence-corrected chi connectivity index (χ4v) is 3.31. The van der Waals surface area contributed by atoms with Gasteiger partial charge in [-0.3, -0.25) is 9.48 Å². The molecule has 0 spiro atoms. The van der Waals surface area contributed by atoms with Gasteiger partial charge in [-0.05, 0) is 58.5 Å². The number of rotatable bonds is 7. The Morgan fingerprint density at radius 2 is 2.00 bits per heavy atom. The molecule has 1 N–H and O–H groups in total. The number of nitrogens with one attached hydrogen (secondary N) is 1. The van der Waals surface area contributed by atoms with Crippen molar-refractivity contribution in [2.24, 2.45) is 0 Å². The van der Waals surface area contributed by atoms with Crippen molar-refractivity contribution in [2.75, 3.05) is 13.6 Å². The number of H-pyrrole nitrogens is 1. The average Bonchev–Trinajstić information content (AvgIpc) is 2.96. The summed E-state index contributed by atoms with van der Waals surface area (Å²) in [6.45, 7) is 8.18. The molecule has 3 rings (SSSR count). The Labute approximate surface area is 164 Å². The zero-order valence-corrected chi connectivity index (χ0v) is 16.8. The van der Waals surface area contributed by atoms with Gasteiger partial charge in [0.15, 0.2) is 0 Å². The summed E-state index contributed by atoms with van der Waals surface area (Å²) in [6, 6.07) is 9.89. The molecule has 0 saturated heterocycles. The number of benzene rings is 1. The third-order valence-electron chi connectivity index (χ3n) is 4.69. The van der Waals surface area contributed by atoms with Gasteiger partial charge in [-0.15, -0.1) is 0 Å². The minimum Gasteiger partial charge on any atom is -0.304 e. The van der Waals surface area contributed by atoms with Crippen LogP contribution in [0.1, 0.15) is 29.1 Å². The molecular formula is C21H26FN5O. The van der Waals surface area contributed by atoms with Gasteiger partial charge in [0.1, 0.15) is 5.82 Å². The molecule has 7 heteroatoms. The molecular weight excluding hydrogens is 357 g/mol. The third kappa shape index (κ3) is 4.72. The number of hydrogen-bond acceptors (Lipinski definition) is 4. The number of aromatic amines is 1. The fraction of sp³-hybridized carbons (Fsp3) is 0.381. The topological polar surface area (TPSA) is 66.8 Å². The molecule has 0 aliphatic rings. The number of aromatic nitrogens is 4. The highest BCUT2D eigenvalue weighted by molar-refractivity contribution is 5.56. The molecule has 6 nitrogen and oxygen atoms in total. The molecule has 2 aromatic heterocycles. The molecule has 0 amide bonds. The van der Waals surface area contributed by atoms with Crippen LogP contribution in [0.5, 0.6) is 0 Å². The monoisotopic (exact) mass is 383 g/mol. The van der Waals surface area contributed by atoms with Crippen molar-refractivity contribution >= 4 is 0 Å². The minimum absolute atomic E-state index is 0.102. The standard InChI is InChI=1S/C21H26FN5O/c1-14-11-15(2)27(25-14)10-6-9-26(4)13-17-7-5-8-18(12-17)20-23-16(3)19(22)21(28)24-20/h5,7-8,11-12H,6,9-10,13H2,1-4H3,(H,23,24,28). The van der Waals surface area contributed by atoms with Gasteiger partial charge in [-0.25, -0.2) is 4.98 Å². The minimum atomic E-state index is -0.831. The van der Waals surface area contributed by atoms with Crippen LogP contribution in [0.15, 0.2) is 35.1 Å². The molecule has 1 aromatic carbocycles. The molecule has 28 heavy (non-hydrogen) atoms. The van der Waals surface area contributed by atoms with Crippen molar-refractivity contribution in [1.82, 2.24) is 24.6 Å². The Morgan fingerprint density at radius 3 is 2.68 bits per heavy atom. The Bertz CT molecular complexity index is 1020. The number of nitrogens with zero attached hydrogens (tertiary/aromatic N) is 4. The van der Waals surface area contributed by atoms with Crippen LogP contribution in [0.25, 0.3) is 11.4 Å². The van der Waals surface area contributed by atoms with E-state index in [0.29, 0.717) is 5.82 Å². The average molecular weight is 383 g/mol. The summed E-state index contributed by atoms with van der Waals surface area (Å²) in [5.41, 5.74) is 3.47. The maximum atomic E-state index is 13.5. The van der Waals surface area contributed by atoms with Gasteiger partial charge >= 0.3 is 0 Å². The molecule has 0 aliphatic carbocycles. The van der Waals surface area contributed by atoms with Crippen LogP contribution in [0.4, 0.5) is 4.39 Å². The third-order valence-corrected chi connectivity index (χ3v) is 4.69. The maximum Gasteiger partial charge on any atom is 0.287 e. The van der Waals surface area contributed by atoms with Gasteiger partial charge in [0, 0.05) is 24.3 Å². The van der Waals surface area contributed by atoms with Gasteiger partial charge < -0.3 is 9.88 Å². The molecule has 0 saturated carbocycles. The van der Waals surface area contributed by atoms with Crippen LogP contribution < -0.4 is 5.56 Å². The molecule has 0 bridgehead atoms. The highest BCUT2D eigenvalue weighted by Gasteiger charge is 2.10. The van der Waals surface area contributed by atoms with E-state index in [2.05, 4.69) is 40.0 Å². The second-order valence-corrected chi connectivity index (χ2v) is 7.26. The van der Waals surface area contributed by atoms with Crippen molar-refractivity contribution < 1.29 is 4.39 Å². The van der Waals surface area contributed by atoms with E-state index in [1.807, 2.05) is 35.9 Å². The predicted molar refractivity (Wildman–Crippen MR) is 108 cm³/mol. The normalized spacial score (nSPS) is 11.4. The van der Waals surface area contributed by atoms with E-state index in [9.17, 15) is 9.18 Å². The van der Waals surface area contributed by atoms with Crippen LogP contribution in [0, 0.1) is 26.6 Å². The lowest BCUT2D eigenvalue weighted by atomic mass is 10.1. The van der Waals surface area contributed by atoms with Gasteiger partial charge in [-0.2, -0.15) is 9.49 Å². The van der Waals surface area contributed by atoms with Crippen LogP contribution in [-0.4, -0.2) is 38.2 Å². The van der Waals surface area contributed by atoms with E-state index in [4.69, 9.17) is 0 Å². The van der Waals surface area contributed by atoms with E-state index >= 15 is 0 Å². The Morgan fingerprint density at radius 1 is 1.21 bits per heavy atom. The van der Waals surface area contributed by atoms with Crippen molar-refractivity contribution in [3.63, 3.8) is 0 Å². The Kier molecular flexibility index (Phi) is 6.04. The number of hydrogen-bond donors (Lipinski definition) is 1. The Hall–Kier alpha value is -2.80. The zero-order valence-electron chi connectivity index (χ0n) is 16.8. The molecule has 0 radical (unpaired) electrons.